The van der Waals surface area contributed by atoms with Crippen molar-refractivity contribution in [2.75, 3.05) is 18.5 Å². The molecule has 22 heteroatoms. The molecule has 4 rings (SSSR count). The number of amides is 6. The number of rotatable bonds is 26. The van der Waals surface area contributed by atoms with E-state index < -0.39 is 84.0 Å². The van der Waals surface area contributed by atoms with Gasteiger partial charge in [0, 0.05) is 38.0 Å². The largest absolute Gasteiger partial charge is 0.481 e. The number of pyridine rings is 1. The number of nitrogen functional groups attached to an aromatic ring is 1. The number of nitrogens with zero attached hydrogens (tertiary/aromatic N) is 1. The Hall–Kier alpha value is -6.91. The molecule has 14 N–H and O–H groups in total. The number of carbonyl (C=O) groups is 8. The minimum Gasteiger partial charge on any atom is -0.481 e. The highest BCUT2D eigenvalue weighted by Crippen LogP contribution is 2.29. The fraction of sp³-hybridized carbons (Fsp3) is 0.489. The van der Waals surface area contributed by atoms with E-state index in [-0.39, 0.29) is 69.0 Å². The summed E-state index contributed by atoms with van der Waals surface area (Å²) in [4.78, 5) is 105. The van der Waals surface area contributed by atoms with Gasteiger partial charge in [0.1, 0.15) is 30.0 Å². The summed E-state index contributed by atoms with van der Waals surface area (Å²) in [5, 5.41) is 64.1. The van der Waals surface area contributed by atoms with Gasteiger partial charge >= 0.3 is 23.9 Å². The number of hydrogen-bond donors (Lipinski definition) is 13. The number of carboxylic acids is 3. The van der Waals surface area contributed by atoms with Crippen LogP contribution in [0.3, 0.4) is 0 Å². The highest BCUT2D eigenvalue weighted by Gasteiger charge is 2.32. The van der Waals surface area contributed by atoms with Crippen LogP contribution in [-0.4, -0.2) is 122 Å². The maximum Gasteiger partial charge on any atom is 0.326 e. The van der Waals surface area contributed by atoms with E-state index in [1.165, 1.54) is 25.3 Å². The number of hydrazine groups is 1. The smallest absolute Gasteiger partial charge is 0.326 e. The molecule has 6 amide bonds. The highest BCUT2D eigenvalue weighted by molar-refractivity contribution is 5.97. The lowest BCUT2D eigenvalue weighted by atomic mass is 9.81. The number of aromatic nitrogens is 1. The minimum atomic E-state index is -1.79. The van der Waals surface area contributed by atoms with E-state index in [0.717, 1.165) is 16.3 Å². The number of unbranched alkanes of at least 4 members (excludes halogenated alkanes) is 1. The van der Waals surface area contributed by atoms with Crippen LogP contribution in [0.5, 0.6) is 0 Å². The Morgan fingerprint density at radius 2 is 1.36 bits per heavy atom. The number of nitrogens with two attached hydrogens (primary N) is 1. The van der Waals surface area contributed by atoms with Gasteiger partial charge in [-0.05, 0) is 92.2 Å². The average molecular weight is 936 g/mol. The van der Waals surface area contributed by atoms with Crippen LogP contribution in [0.1, 0.15) is 87.1 Å². The molecule has 5 atom stereocenters. The first-order valence-electron chi connectivity index (χ1n) is 22.1. The molecule has 1 heterocycles. The standard InChI is InChI=1S/C45H61N9O13/c1-25(42(61)62)20-34(50-39(58)31-15-17-36(54-46)48-24-31)41(60)49-23-26-9-13-29(14-10-26)38(57)51-35(22-27-11-12-28-6-2-3-7-30(28)21-27)40(59)47-19-5-4-8-32(43(63)64)52-45(67)53-33(44(65)66)16-18-37(55)56/h2-3,6-7,11-12,15,17,21,24-26,29,32-35,37,55-56H,4-5,8-10,13-14,16,18-20,22-23,46H2,1H3,(H,47,59)(H,48,54)(H,49,60)(H,50,58)(H,51,57)(H,61,62)(H,63,64)(H,65,66)(H2,52,53,67). The van der Waals surface area contributed by atoms with Gasteiger partial charge < -0.3 is 62.9 Å². The number of urea groups is 1. The van der Waals surface area contributed by atoms with E-state index in [9.17, 15) is 53.7 Å². The molecule has 2 aromatic carbocycles. The van der Waals surface area contributed by atoms with Gasteiger partial charge in [-0.25, -0.2) is 25.2 Å². The van der Waals surface area contributed by atoms with Crippen molar-refractivity contribution < 1.29 is 63.9 Å². The first-order valence-corrected chi connectivity index (χ1v) is 22.1. The van der Waals surface area contributed by atoms with Crippen molar-refractivity contribution in [3.63, 3.8) is 0 Å². The molecule has 364 valence electrons. The zero-order valence-electron chi connectivity index (χ0n) is 37.1. The zero-order valence-corrected chi connectivity index (χ0v) is 37.1. The maximum atomic E-state index is 13.8. The molecule has 1 aromatic heterocycles. The summed E-state index contributed by atoms with van der Waals surface area (Å²) in [6.45, 7) is 1.77. The molecule has 1 aliphatic carbocycles. The van der Waals surface area contributed by atoms with Gasteiger partial charge in [-0.2, -0.15) is 0 Å². The van der Waals surface area contributed by atoms with Crippen LogP contribution in [0.4, 0.5) is 10.6 Å². The Morgan fingerprint density at radius 3 is 1.97 bits per heavy atom. The normalized spacial score (nSPS) is 16.9. The molecule has 67 heavy (non-hydrogen) atoms. The third kappa shape index (κ3) is 17.4. The molecule has 0 aliphatic heterocycles. The second kappa shape index (κ2) is 26.3. The number of aliphatic hydroxyl groups is 2. The van der Waals surface area contributed by atoms with Gasteiger partial charge in [0.2, 0.25) is 17.7 Å². The topological polar surface area (TPSA) is 361 Å². The Bertz CT molecular complexity index is 2180. The Labute approximate surface area is 386 Å². The predicted octanol–water partition coefficient (Wildman–Crippen LogP) is 0.963. The maximum absolute atomic E-state index is 13.8. The number of aliphatic hydroxyl groups excluding tert-OH is 1. The van der Waals surface area contributed by atoms with E-state index in [4.69, 9.17) is 16.1 Å². The number of nitrogens with one attached hydrogen (secondary N) is 7. The summed E-state index contributed by atoms with van der Waals surface area (Å²) >= 11 is 0. The molecular formula is C45H61N9O13. The fourth-order valence-electron chi connectivity index (χ4n) is 7.64. The third-order valence-electron chi connectivity index (χ3n) is 11.6. The van der Waals surface area contributed by atoms with Crippen molar-refractivity contribution in [3.05, 3.63) is 71.9 Å². The van der Waals surface area contributed by atoms with Gasteiger partial charge in [0.25, 0.3) is 5.91 Å². The minimum absolute atomic E-state index is 0.0164. The van der Waals surface area contributed by atoms with Crippen molar-refractivity contribution >= 4 is 64.2 Å². The first-order chi connectivity index (χ1) is 31.9. The quantitative estimate of drug-likeness (QED) is 0.0231. The Kier molecular flexibility index (Phi) is 20.7. The molecular weight excluding hydrogens is 875 g/mol. The summed E-state index contributed by atoms with van der Waals surface area (Å²) in [5.41, 5.74) is 3.30. The molecule has 0 bridgehead atoms. The third-order valence-corrected chi connectivity index (χ3v) is 11.6. The summed E-state index contributed by atoms with van der Waals surface area (Å²) in [5.74, 6) is -1.61. The monoisotopic (exact) mass is 935 g/mol. The number of carbonyl (C=O) groups excluding carboxylic acids is 5. The van der Waals surface area contributed by atoms with Crippen molar-refractivity contribution in [1.29, 1.82) is 0 Å². The SMILES string of the molecule is CC(CC(NC(=O)c1ccc(NN)nc1)C(=O)NCC1CCC(C(=O)NC(Cc2ccc3ccccc3c2)C(=O)NCCCCC(NC(=O)NC(CCC(O)O)C(=O)O)C(=O)O)CC1)C(=O)O. The van der Waals surface area contributed by atoms with Gasteiger partial charge in [0.15, 0.2) is 6.29 Å². The number of fused-ring (bicyclic) bond motifs is 1. The van der Waals surface area contributed by atoms with Crippen molar-refractivity contribution in [2.24, 2.45) is 23.6 Å². The molecule has 0 radical (unpaired) electrons. The molecule has 1 fully saturated rings. The molecule has 0 spiro atoms. The number of benzene rings is 2. The number of anilines is 1. The second-order valence-electron chi connectivity index (χ2n) is 16.7. The van der Waals surface area contributed by atoms with Gasteiger partial charge in [-0.15, -0.1) is 0 Å². The number of aliphatic carboxylic acids is 3. The van der Waals surface area contributed by atoms with Crippen LogP contribution < -0.4 is 43.2 Å². The predicted molar refractivity (Wildman–Crippen MR) is 242 cm³/mol. The lowest BCUT2D eigenvalue weighted by Gasteiger charge is -2.30. The average Bonchev–Trinajstić information content (AvgIpc) is 3.30. The molecule has 1 aliphatic rings. The zero-order chi connectivity index (χ0) is 49.0. The Balaban J connectivity index is 1.31. The van der Waals surface area contributed by atoms with E-state index in [2.05, 4.69) is 42.3 Å². The van der Waals surface area contributed by atoms with E-state index >= 15 is 0 Å². The number of carboxylic acid groups (broad SMARTS) is 3. The second-order valence-corrected chi connectivity index (χ2v) is 16.7. The Morgan fingerprint density at radius 1 is 0.701 bits per heavy atom. The van der Waals surface area contributed by atoms with Crippen molar-refractivity contribution in [3.8, 4) is 0 Å². The van der Waals surface area contributed by atoms with Crippen LogP contribution in [0, 0.1) is 17.8 Å². The van der Waals surface area contributed by atoms with Gasteiger partial charge in [-0.3, -0.25) is 24.0 Å². The van der Waals surface area contributed by atoms with Crippen LogP contribution in [0.15, 0.2) is 60.8 Å². The summed E-state index contributed by atoms with van der Waals surface area (Å²) in [7, 11) is 0. The van der Waals surface area contributed by atoms with Crippen LogP contribution in [0.2, 0.25) is 0 Å². The van der Waals surface area contributed by atoms with Crippen LogP contribution in [-0.2, 0) is 35.2 Å². The lowest BCUT2D eigenvalue weighted by molar-refractivity contribution is -0.142. The molecule has 3 aromatic rings. The summed E-state index contributed by atoms with van der Waals surface area (Å²) < 4.78 is 0. The van der Waals surface area contributed by atoms with E-state index in [0.29, 0.717) is 37.9 Å². The molecule has 1 saturated carbocycles. The molecule has 0 saturated heterocycles. The first kappa shape index (κ1) is 52.7. The molecule has 22 nitrogen and oxygen atoms in total. The van der Waals surface area contributed by atoms with E-state index in [1.54, 1.807) is 0 Å². The van der Waals surface area contributed by atoms with Gasteiger partial charge in [0.05, 0.1) is 11.5 Å². The number of hydrogen-bond acceptors (Lipinski definition) is 13. The van der Waals surface area contributed by atoms with E-state index in [1.807, 2.05) is 42.5 Å². The lowest BCUT2D eigenvalue weighted by Crippen LogP contribution is -2.51. The van der Waals surface area contributed by atoms with Crippen LogP contribution in [0.25, 0.3) is 10.8 Å². The van der Waals surface area contributed by atoms with Crippen molar-refractivity contribution in [2.45, 2.75) is 108 Å². The van der Waals surface area contributed by atoms with Crippen LogP contribution >= 0.6 is 0 Å². The van der Waals surface area contributed by atoms with Gasteiger partial charge in [-0.1, -0.05) is 49.4 Å². The highest BCUT2D eigenvalue weighted by atomic mass is 16.5. The van der Waals surface area contributed by atoms with Crippen molar-refractivity contribution in [1.82, 2.24) is 36.9 Å². The summed E-state index contributed by atoms with van der Waals surface area (Å²) in [6, 6.07) is 10.3. The summed E-state index contributed by atoms with van der Waals surface area (Å²) in [6.07, 6.45) is 1.38. The molecule has 5 unspecified atom stereocenters. The fourth-order valence-corrected chi connectivity index (χ4v) is 7.64.